The predicted molar refractivity (Wildman–Crippen MR) is 81.2 cm³/mol. The Morgan fingerprint density at radius 1 is 1.14 bits per heavy atom. The number of sulfonamides is 1. The summed E-state index contributed by atoms with van der Waals surface area (Å²) in [5, 5.41) is 0.191. The molecule has 0 heterocycles. The first-order valence-corrected chi connectivity index (χ1v) is 8.04. The second-order valence-corrected chi connectivity index (χ2v) is 6.63. The summed E-state index contributed by atoms with van der Waals surface area (Å²) in [5.74, 6) is -0.323. The van der Waals surface area contributed by atoms with Crippen LogP contribution in [-0.4, -0.2) is 15.0 Å². The van der Waals surface area contributed by atoms with Crippen molar-refractivity contribution in [1.29, 1.82) is 0 Å². The van der Waals surface area contributed by atoms with E-state index in [1.165, 1.54) is 30.3 Å². The first-order chi connectivity index (χ1) is 9.88. The van der Waals surface area contributed by atoms with Crippen molar-refractivity contribution in [3.05, 3.63) is 58.9 Å². The van der Waals surface area contributed by atoms with E-state index in [-0.39, 0.29) is 22.3 Å². The summed E-state index contributed by atoms with van der Waals surface area (Å²) in [6.45, 7) is 0.204. The van der Waals surface area contributed by atoms with E-state index in [0.717, 1.165) is 5.56 Å². The van der Waals surface area contributed by atoms with Crippen LogP contribution in [0.25, 0.3) is 0 Å². The zero-order chi connectivity index (χ0) is 15.5. The Kier molecular flexibility index (Phi) is 4.82. The summed E-state index contributed by atoms with van der Waals surface area (Å²) in [7, 11) is -3.64. The largest absolute Gasteiger partial charge is 0.398 e. The monoisotopic (exact) mass is 328 g/mol. The van der Waals surface area contributed by atoms with Crippen LogP contribution in [0.3, 0.4) is 0 Å². The molecular weight excluding hydrogens is 315 g/mol. The van der Waals surface area contributed by atoms with E-state index >= 15 is 0 Å². The van der Waals surface area contributed by atoms with Gasteiger partial charge in [-0.05, 0) is 42.3 Å². The van der Waals surface area contributed by atoms with Gasteiger partial charge < -0.3 is 5.73 Å². The predicted octanol–water partition coefficient (Wildman–Crippen LogP) is 2.58. The molecular formula is C14H14ClFN2O2S. The average Bonchev–Trinajstić information content (AvgIpc) is 2.44. The van der Waals surface area contributed by atoms with Gasteiger partial charge in [0.1, 0.15) is 5.82 Å². The van der Waals surface area contributed by atoms with Crippen molar-refractivity contribution in [2.45, 2.75) is 11.3 Å². The van der Waals surface area contributed by atoms with E-state index in [9.17, 15) is 12.8 Å². The maximum Gasteiger partial charge on any atom is 0.240 e. The zero-order valence-electron chi connectivity index (χ0n) is 11.0. The Labute approximate surface area is 127 Å². The van der Waals surface area contributed by atoms with Gasteiger partial charge in [0.15, 0.2) is 0 Å². The van der Waals surface area contributed by atoms with E-state index < -0.39 is 10.0 Å². The van der Waals surface area contributed by atoms with Gasteiger partial charge in [-0.3, -0.25) is 0 Å². The first-order valence-electron chi connectivity index (χ1n) is 6.17. The van der Waals surface area contributed by atoms with Gasteiger partial charge in [0, 0.05) is 6.54 Å². The van der Waals surface area contributed by atoms with Crippen LogP contribution in [0.4, 0.5) is 10.1 Å². The fourth-order valence-corrected chi connectivity index (χ4v) is 3.04. The van der Waals surface area contributed by atoms with Crippen molar-refractivity contribution in [3.63, 3.8) is 0 Å². The van der Waals surface area contributed by atoms with Crippen molar-refractivity contribution < 1.29 is 12.8 Å². The molecule has 0 saturated heterocycles. The SMILES string of the molecule is Nc1ccc(S(=O)(=O)NCCc2ccc(F)cc2)cc1Cl. The molecule has 3 N–H and O–H groups in total. The minimum absolute atomic E-state index is 0.0563. The Balaban J connectivity index is 2.01. The number of anilines is 1. The summed E-state index contributed by atoms with van der Waals surface area (Å²) < 4.78 is 39.4. The van der Waals surface area contributed by atoms with E-state index in [1.54, 1.807) is 12.1 Å². The molecule has 2 aromatic carbocycles. The normalized spacial score (nSPS) is 11.5. The molecule has 112 valence electrons. The smallest absolute Gasteiger partial charge is 0.240 e. The highest BCUT2D eigenvalue weighted by Gasteiger charge is 2.14. The minimum atomic E-state index is -3.64. The van der Waals surface area contributed by atoms with E-state index in [2.05, 4.69) is 4.72 Å². The zero-order valence-corrected chi connectivity index (χ0v) is 12.6. The Hall–Kier alpha value is -1.63. The summed E-state index contributed by atoms with van der Waals surface area (Å²) in [5.41, 5.74) is 6.71. The number of nitrogen functional groups attached to an aromatic ring is 1. The molecule has 0 radical (unpaired) electrons. The number of nitrogens with two attached hydrogens (primary N) is 1. The Morgan fingerprint density at radius 2 is 1.81 bits per heavy atom. The highest BCUT2D eigenvalue weighted by Crippen LogP contribution is 2.22. The third-order valence-corrected chi connectivity index (χ3v) is 4.69. The molecule has 0 aliphatic carbocycles. The molecule has 0 atom stereocenters. The molecule has 0 aliphatic rings. The lowest BCUT2D eigenvalue weighted by Gasteiger charge is -2.08. The lowest BCUT2D eigenvalue weighted by atomic mass is 10.1. The van der Waals surface area contributed by atoms with Crippen LogP contribution in [0.1, 0.15) is 5.56 Å². The molecule has 0 unspecified atom stereocenters. The summed E-state index contributed by atoms with van der Waals surface area (Å²) in [4.78, 5) is 0.0563. The molecule has 4 nitrogen and oxygen atoms in total. The van der Waals surface area contributed by atoms with Gasteiger partial charge in [-0.15, -0.1) is 0 Å². The second-order valence-electron chi connectivity index (χ2n) is 4.46. The minimum Gasteiger partial charge on any atom is -0.398 e. The fraction of sp³-hybridized carbons (Fsp3) is 0.143. The van der Waals surface area contributed by atoms with Crippen LogP contribution < -0.4 is 10.5 Å². The van der Waals surface area contributed by atoms with Crippen LogP contribution in [0, 0.1) is 5.82 Å². The number of hydrogen-bond donors (Lipinski definition) is 2. The van der Waals surface area contributed by atoms with Crippen LogP contribution in [0.2, 0.25) is 5.02 Å². The van der Waals surface area contributed by atoms with Crippen LogP contribution in [0.5, 0.6) is 0 Å². The van der Waals surface area contributed by atoms with Gasteiger partial charge in [0.25, 0.3) is 0 Å². The number of benzene rings is 2. The van der Waals surface area contributed by atoms with Crippen molar-refractivity contribution in [2.24, 2.45) is 0 Å². The van der Waals surface area contributed by atoms with Crippen molar-refractivity contribution in [3.8, 4) is 0 Å². The molecule has 0 bridgehead atoms. The second kappa shape index (κ2) is 6.43. The lowest BCUT2D eigenvalue weighted by Crippen LogP contribution is -2.26. The third kappa shape index (κ3) is 4.17. The van der Waals surface area contributed by atoms with Gasteiger partial charge in [0.05, 0.1) is 15.6 Å². The van der Waals surface area contributed by atoms with Crippen molar-refractivity contribution in [1.82, 2.24) is 4.72 Å². The fourth-order valence-electron chi connectivity index (χ4n) is 1.74. The lowest BCUT2D eigenvalue weighted by molar-refractivity contribution is 0.581. The number of rotatable bonds is 5. The molecule has 0 fully saturated rings. The van der Waals surface area contributed by atoms with Crippen LogP contribution >= 0.6 is 11.6 Å². The third-order valence-electron chi connectivity index (χ3n) is 2.90. The molecule has 0 aromatic heterocycles. The molecule has 0 amide bonds. The number of nitrogens with one attached hydrogen (secondary N) is 1. The average molecular weight is 329 g/mol. The Morgan fingerprint density at radius 3 is 2.43 bits per heavy atom. The van der Waals surface area contributed by atoms with Crippen molar-refractivity contribution in [2.75, 3.05) is 12.3 Å². The molecule has 2 aromatic rings. The highest BCUT2D eigenvalue weighted by atomic mass is 35.5. The quantitative estimate of drug-likeness (QED) is 0.829. The van der Waals surface area contributed by atoms with Gasteiger partial charge >= 0.3 is 0 Å². The van der Waals surface area contributed by atoms with Crippen LogP contribution in [-0.2, 0) is 16.4 Å². The molecule has 7 heteroatoms. The summed E-state index contributed by atoms with van der Waals surface area (Å²) >= 11 is 5.81. The maximum atomic E-state index is 12.8. The summed E-state index contributed by atoms with van der Waals surface area (Å²) in [6.07, 6.45) is 0.461. The van der Waals surface area contributed by atoms with E-state index in [4.69, 9.17) is 17.3 Å². The van der Waals surface area contributed by atoms with E-state index in [0.29, 0.717) is 12.1 Å². The maximum absolute atomic E-state index is 12.8. The number of hydrogen-bond acceptors (Lipinski definition) is 3. The van der Waals surface area contributed by atoms with Gasteiger partial charge in [0.2, 0.25) is 10.0 Å². The highest BCUT2D eigenvalue weighted by molar-refractivity contribution is 7.89. The number of halogens is 2. The van der Waals surface area contributed by atoms with Crippen LogP contribution in [0.15, 0.2) is 47.4 Å². The van der Waals surface area contributed by atoms with Gasteiger partial charge in [-0.25, -0.2) is 17.5 Å². The molecule has 0 spiro atoms. The molecule has 2 rings (SSSR count). The topological polar surface area (TPSA) is 72.2 Å². The van der Waals surface area contributed by atoms with E-state index in [1.807, 2.05) is 0 Å². The Bertz CT molecular complexity index is 733. The van der Waals surface area contributed by atoms with Gasteiger partial charge in [-0.2, -0.15) is 0 Å². The standard InChI is InChI=1S/C14H14ClFN2O2S/c15-13-9-12(5-6-14(13)17)21(19,20)18-8-7-10-1-3-11(16)4-2-10/h1-6,9,18H,7-8,17H2. The molecule has 0 aliphatic heterocycles. The molecule has 0 saturated carbocycles. The first kappa shape index (κ1) is 15.8. The summed E-state index contributed by atoms with van der Waals surface area (Å²) in [6, 6.07) is 10.0. The van der Waals surface area contributed by atoms with Crippen molar-refractivity contribution >= 4 is 27.3 Å². The van der Waals surface area contributed by atoms with Gasteiger partial charge in [-0.1, -0.05) is 23.7 Å². The molecule has 21 heavy (non-hydrogen) atoms.